The Kier molecular flexibility index (Phi) is 15.4. The van der Waals surface area contributed by atoms with Gasteiger partial charge in [0.2, 0.25) is 0 Å². The normalized spacial score (nSPS) is 11.4. The Balaban J connectivity index is 0.000000300. The summed E-state index contributed by atoms with van der Waals surface area (Å²) in [5.41, 5.74) is 5.68. The van der Waals surface area contributed by atoms with Crippen LogP contribution in [0.25, 0.3) is 22.5 Å². The molecule has 0 aliphatic rings. The summed E-state index contributed by atoms with van der Waals surface area (Å²) in [6, 6.07) is 14.3. The number of thiazole rings is 2. The average Bonchev–Trinajstić information content (AvgIpc) is 3.48. The number of hydrogen-bond acceptors (Lipinski definition) is 6. The van der Waals surface area contributed by atoms with E-state index in [0.717, 1.165) is 59.0 Å². The maximum absolute atomic E-state index is 6.19. The molecule has 4 rings (SSSR count). The average molecular weight is 692 g/mol. The second-order valence-corrected chi connectivity index (χ2v) is 16.9. The molecule has 2 aromatic heterocycles. The predicted molar refractivity (Wildman–Crippen MR) is 199 cm³/mol. The maximum atomic E-state index is 6.19. The van der Waals surface area contributed by atoms with E-state index in [1.54, 1.807) is 22.7 Å². The molecule has 2 heterocycles. The summed E-state index contributed by atoms with van der Waals surface area (Å²) in [4.78, 5) is 11.5. The number of benzene rings is 2. The Morgan fingerprint density at radius 3 is 1.73 bits per heavy atom. The van der Waals surface area contributed by atoms with Gasteiger partial charge in [0.1, 0.15) is 11.5 Å². The molecule has 45 heavy (non-hydrogen) atoms. The van der Waals surface area contributed by atoms with Crippen LogP contribution in [-0.4, -0.2) is 23.2 Å². The fourth-order valence-corrected chi connectivity index (χ4v) is 7.30. The van der Waals surface area contributed by atoms with Crippen molar-refractivity contribution >= 4 is 45.9 Å². The minimum atomic E-state index is 0.201. The number of halogens is 2. The smallest absolute Gasteiger partial charge is 0.184 e. The van der Waals surface area contributed by atoms with Crippen molar-refractivity contribution in [3.8, 4) is 34.0 Å². The van der Waals surface area contributed by atoms with Gasteiger partial charge in [-0.25, -0.2) is 9.97 Å². The van der Waals surface area contributed by atoms with Crippen molar-refractivity contribution < 1.29 is 9.47 Å². The van der Waals surface area contributed by atoms with Gasteiger partial charge in [0.15, 0.2) is 8.93 Å². The van der Waals surface area contributed by atoms with Crippen LogP contribution in [0.15, 0.2) is 42.5 Å². The molecular weight excluding hydrogens is 639 g/mol. The highest BCUT2D eigenvalue weighted by Crippen LogP contribution is 2.38. The van der Waals surface area contributed by atoms with Gasteiger partial charge in [-0.1, -0.05) is 117 Å². The molecule has 0 aliphatic carbocycles. The van der Waals surface area contributed by atoms with Gasteiger partial charge in [0.05, 0.1) is 24.6 Å². The quantitative estimate of drug-likeness (QED) is 0.175. The first-order valence-corrected chi connectivity index (χ1v) is 18.2. The van der Waals surface area contributed by atoms with Crippen LogP contribution in [0.3, 0.4) is 0 Å². The zero-order valence-electron chi connectivity index (χ0n) is 29.2. The number of hydrogen-bond donors (Lipinski definition) is 0. The molecule has 8 heteroatoms. The molecular formula is C37H52Cl2N2O2S2. The number of rotatable bonds is 9. The number of ether oxygens (including phenoxy) is 2. The third-order valence-corrected chi connectivity index (χ3v) is 8.50. The van der Waals surface area contributed by atoms with Crippen LogP contribution in [-0.2, 0) is 12.8 Å². The molecule has 0 saturated heterocycles. The van der Waals surface area contributed by atoms with Gasteiger partial charge in [0.25, 0.3) is 0 Å². The lowest BCUT2D eigenvalue weighted by atomic mass is 9.90. The van der Waals surface area contributed by atoms with Gasteiger partial charge in [-0.15, -0.1) is 22.7 Å². The predicted octanol–water partition coefficient (Wildman–Crippen LogP) is 12.9. The first kappa shape index (κ1) is 39.1. The summed E-state index contributed by atoms with van der Waals surface area (Å²) in [6.07, 6.45) is 1.92. The van der Waals surface area contributed by atoms with E-state index < -0.39 is 0 Å². The van der Waals surface area contributed by atoms with Crippen molar-refractivity contribution in [1.29, 1.82) is 0 Å². The molecule has 4 nitrogen and oxygen atoms in total. The van der Waals surface area contributed by atoms with Crippen LogP contribution in [0, 0.1) is 23.7 Å². The van der Waals surface area contributed by atoms with Crippen molar-refractivity contribution in [3.63, 3.8) is 0 Å². The molecule has 0 radical (unpaired) electrons. The minimum Gasteiger partial charge on any atom is -0.494 e. The SMILES string of the molecule is CC.CCOc1cccc(-c2nc(Cl)sc2CC(C)(C)C)c1.Cc1ccc(-c2nc(Cl)sc2CC(C)(C)C)cc1OCC(C)C. The second kappa shape index (κ2) is 17.7. The molecule has 0 N–H and O–H groups in total. The van der Waals surface area contributed by atoms with Crippen LogP contribution >= 0.6 is 45.9 Å². The highest BCUT2D eigenvalue weighted by Gasteiger charge is 2.21. The van der Waals surface area contributed by atoms with E-state index >= 15 is 0 Å². The second-order valence-electron chi connectivity index (χ2n) is 13.6. The number of aromatic nitrogens is 2. The third-order valence-electron chi connectivity index (χ3n) is 6.18. The summed E-state index contributed by atoms with van der Waals surface area (Å²) < 4.78 is 12.7. The topological polar surface area (TPSA) is 44.2 Å². The molecule has 0 saturated carbocycles. The van der Waals surface area contributed by atoms with Crippen LogP contribution in [0.1, 0.15) is 91.5 Å². The van der Waals surface area contributed by atoms with Gasteiger partial charge >= 0.3 is 0 Å². The van der Waals surface area contributed by atoms with E-state index in [2.05, 4.69) is 96.5 Å². The molecule has 2 aromatic carbocycles. The summed E-state index contributed by atoms with van der Waals surface area (Å²) >= 11 is 15.5. The largest absolute Gasteiger partial charge is 0.494 e. The van der Waals surface area contributed by atoms with Crippen molar-refractivity contribution in [2.75, 3.05) is 13.2 Å². The van der Waals surface area contributed by atoms with Gasteiger partial charge in [-0.05, 0) is 67.2 Å². The Morgan fingerprint density at radius 2 is 1.27 bits per heavy atom. The lowest BCUT2D eigenvalue weighted by molar-refractivity contribution is 0.269. The summed E-state index contributed by atoms with van der Waals surface area (Å²) in [6.45, 7) is 27.1. The lowest BCUT2D eigenvalue weighted by Crippen LogP contribution is -2.09. The first-order chi connectivity index (χ1) is 21.0. The molecule has 0 aliphatic heterocycles. The molecule has 0 unspecified atom stereocenters. The van der Waals surface area contributed by atoms with Crippen LogP contribution in [0.5, 0.6) is 11.5 Å². The van der Waals surface area contributed by atoms with E-state index in [9.17, 15) is 0 Å². The Labute approximate surface area is 290 Å². The van der Waals surface area contributed by atoms with Crippen LogP contribution < -0.4 is 9.47 Å². The fourth-order valence-electron chi connectivity index (χ4n) is 4.36. The highest BCUT2D eigenvalue weighted by molar-refractivity contribution is 7.16. The highest BCUT2D eigenvalue weighted by atomic mass is 35.5. The van der Waals surface area contributed by atoms with Gasteiger partial charge in [-0.3, -0.25) is 0 Å². The lowest BCUT2D eigenvalue weighted by Gasteiger charge is -2.18. The molecule has 0 bridgehead atoms. The van der Waals surface area contributed by atoms with E-state index in [1.807, 2.05) is 39.0 Å². The first-order valence-electron chi connectivity index (χ1n) is 15.8. The molecule has 4 aromatic rings. The number of aryl methyl sites for hydroxylation is 1. The summed E-state index contributed by atoms with van der Waals surface area (Å²) in [5.74, 6) is 2.31. The van der Waals surface area contributed by atoms with Crippen LogP contribution in [0.4, 0.5) is 0 Å². The zero-order valence-corrected chi connectivity index (χ0v) is 32.4. The van der Waals surface area contributed by atoms with Crippen molar-refractivity contribution in [3.05, 3.63) is 66.7 Å². The zero-order chi connectivity index (χ0) is 33.9. The van der Waals surface area contributed by atoms with E-state index in [4.69, 9.17) is 32.7 Å². The Hall–Kier alpha value is -2.12. The summed E-state index contributed by atoms with van der Waals surface area (Å²) in [7, 11) is 0. The molecule has 0 spiro atoms. The summed E-state index contributed by atoms with van der Waals surface area (Å²) in [5, 5.41) is 0. The molecule has 0 atom stereocenters. The van der Waals surface area contributed by atoms with Gasteiger partial charge in [0, 0.05) is 20.9 Å². The molecule has 0 amide bonds. The minimum absolute atomic E-state index is 0.201. The maximum Gasteiger partial charge on any atom is 0.184 e. The van der Waals surface area contributed by atoms with Gasteiger partial charge in [-0.2, -0.15) is 0 Å². The van der Waals surface area contributed by atoms with E-state index in [-0.39, 0.29) is 10.8 Å². The monoisotopic (exact) mass is 690 g/mol. The fraction of sp³-hybridized carbons (Fsp3) is 0.514. The van der Waals surface area contributed by atoms with Crippen molar-refractivity contribution in [2.24, 2.45) is 16.7 Å². The Bertz CT molecular complexity index is 1480. The standard InChI is InChI=1S/C19H26ClNOS.C16H20ClNOS.C2H6/c1-12(2)11-22-15-9-14(8-7-13(15)3)17-16(10-19(4,5)6)23-18(20)21-17;1-5-19-12-8-6-7-11(9-12)14-13(10-16(2,3)4)20-15(17)18-14;1-2/h7-9,12H,10-11H2,1-6H3;6-9H,5,10H2,1-4H3;1-2H3. The molecule has 0 fully saturated rings. The number of nitrogens with zero attached hydrogens (tertiary/aromatic N) is 2. The van der Waals surface area contributed by atoms with Gasteiger partial charge < -0.3 is 9.47 Å². The molecule has 248 valence electrons. The van der Waals surface area contributed by atoms with E-state index in [0.29, 0.717) is 21.5 Å². The van der Waals surface area contributed by atoms with E-state index in [1.165, 1.54) is 9.75 Å². The van der Waals surface area contributed by atoms with Crippen molar-refractivity contribution in [1.82, 2.24) is 9.97 Å². The van der Waals surface area contributed by atoms with Crippen LogP contribution in [0.2, 0.25) is 8.93 Å². The van der Waals surface area contributed by atoms with Crippen molar-refractivity contribution in [2.45, 2.75) is 95.9 Å². The third kappa shape index (κ3) is 13.3. The Morgan fingerprint density at radius 1 is 0.756 bits per heavy atom.